The fraction of sp³-hybridized carbons (Fsp3) is 0.286. The molecule has 0 spiro atoms. The first-order valence-corrected chi connectivity index (χ1v) is 11.5. The highest BCUT2D eigenvalue weighted by atomic mass is 32.2. The van der Waals surface area contributed by atoms with Crippen molar-refractivity contribution in [3.63, 3.8) is 0 Å². The second kappa shape index (κ2) is 8.66. The molecule has 32 heavy (non-hydrogen) atoms. The number of benzene rings is 2. The van der Waals surface area contributed by atoms with Crippen molar-refractivity contribution in [1.82, 2.24) is 15.8 Å². The number of aliphatic imine (C=N–C) groups is 1. The van der Waals surface area contributed by atoms with E-state index < -0.39 is 33.1 Å². The molecule has 0 saturated carbocycles. The number of amidine groups is 1. The van der Waals surface area contributed by atoms with E-state index >= 15 is 4.39 Å². The minimum atomic E-state index is -4.07. The topological polar surface area (TPSA) is 99.8 Å². The third-order valence-electron chi connectivity index (χ3n) is 5.40. The van der Waals surface area contributed by atoms with Gasteiger partial charge in [-0.25, -0.2) is 37.1 Å². The Morgan fingerprint density at radius 1 is 1.06 bits per heavy atom. The highest BCUT2D eigenvalue weighted by Gasteiger charge is 2.40. The van der Waals surface area contributed by atoms with Crippen molar-refractivity contribution >= 4 is 15.9 Å². The van der Waals surface area contributed by atoms with E-state index in [1.807, 2.05) is 6.08 Å². The average Bonchev–Trinajstić information content (AvgIpc) is 3.14. The van der Waals surface area contributed by atoms with Gasteiger partial charge in [-0.05, 0) is 36.2 Å². The van der Waals surface area contributed by atoms with E-state index in [4.69, 9.17) is 5.14 Å². The molecule has 2 aliphatic heterocycles. The van der Waals surface area contributed by atoms with E-state index in [0.29, 0.717) is 17.9 Å². The summed E-state index contributed by atoms with van der Waals surface area (Å²) in [4.78, 5) is 6.41. The van der Waals surface area contributed by atoms with E-state index in [0.717, 1.165) is 31.2 Å². The minimum Gasteiger partial charge on any atom is -0.307 e. The summed E-state index contributed by atoms with van der Waals surface area (Å²) in [6.07, 6.45) is 5.05. The summed E-state index contributed by atoms with van der Waals surface area (Å²) in [5.74, 6) is -2.29. The number of hydrazine groups is 1. The Balaban J connectivity index is 1.70. The number of nitrogens with one attached hydrogen (secondary N) is 2. The minimum absolute atomic E-state index is 0.132. The largest absolute Gasteiger partial charge is 0.307 e. The van der Waals surface area contributed by atoms with Crippen LogP contribution < -0.4 is 16.0 Å². The summed E-state index contributed by atoms with van der Waals surface area (Å²) in [5.41, 5.74) is 5.29. The average molecular weight is 466 g/mol. The van der Waals surface area contributed by atoms with Gasteiger partial charge in [0, 0.05) is 31.6 Å². The van der Waals surface area contributed by atoms with Crippen LogP contribution in [0, 0.1) is 17.5 Å². The van der Waals surface area contributed by atoms with E-state index in [2.05, 4.69) is 26.8 Å². The molecule has 0 saturated heterocycles. The molecule has 2 aliphatic rings. The van der Waals surface area contributed by atoms with Crippen molar-refractivity contribution in [2.45, 2.75) is 23.4 Å². The Morgan fingerprint density at radius 3 is 2.53 bits per heavy atom. The molecule has 1 atom stereocenters. The van der Waals surface area contributed by atoms with Gasteiger partial charge in [-0.1, -0.05) is 24.3 Å². The number of sulfonamides is 1. The lowest BCUT2D eigenvalue weighted by Gasteiger charge is -2.34. The van der Waals surface area contributed by atoms with Gasteiger partial charge in [-0.2, -0.15) is 0 Å². The molecule has 4 N–H and O–H groups in total. The monoisotopic (exact) mass is 465 g/mol. The molecule has 0 radical (unpaired) electrons. The van der Waals surface area contributed by atoms with Crippen LogP contribution in [0.4, 0.5) is 13.2 Å². The molecule has 11 heteroatoms. The highest BCUT2D eigenvalue weighted by molar-refractivity contribution is 7.89. The van der Waals surface area contributed by atoms with Crippen molar-refractivity contribution in [3.05, 3.63) is 77.1 Å². The molecule has 0 bridgehead atoms. The van der Waals surface area contributed by atoms with Gasteiger partial charge in [-0.3, -0.25) is 4.90 Å². The fourth-order valence-corrected chi connectivity index (χ4v) is 4.37. The molecule has 7 nitrogen and oxygen atoms in total. The summed E-state index contributed by atoms with van der Waals surface area (Å²) in [6.45, 7) is 1.68. The van der Waals surface area contributed by atoms with Crippen LogP contribution in [0.5, 0.6) is 0 Å². The van der Waals surface area contributed by atoms with Crippen LogP contribution in [0.2, 0.25) is 0 Å². The van der Waals surface area contributed by atoms with Crippen molar-refractivity contribution in [1.29, 1.82) is 0 Å². The molecule has 170 valence electrons. The first-order chi connectivity index (χ1) is 15.2. The van der Waals surface area contributed by atoms with Gasteiger partial charge >= 0.3 is 0 Å². The van der Waals surface area contributed by atoms with Crippen LogP contribution in [-0.4, -0.2) is 38.8 Å². The van der Waals surface area contributed by atoms with E-state index in [9.17, 15) is 17.2 Å². The van der Waals surface area contributed by atoms with Crippen LogP contribution in [-0.2, 0) is 22.1 Å². The summed E-state index contributed by atoms with van der Waals surface area (Å²) in [5, 5.41) is 5.12. The van der Waals surface area contributed by atoms with Gasteiger partial charge in [0.2, 0.25) is 10.0 Å². The third kappa shape index (κ3) is 4.70. The lowest BCUT2D eigenvalue weighted by Crippen LogP contribution is -2.51. The molecule has 0 fully saturated rings. The van der Waals surface area contributed by atoms with Gasteiger partial charge in [0.25, 0.3) is 0 Å². The SMILES string of the molecule is NS(=O)(=O)c1ccc(C2(CN3CC=CCC3)N=C(Cc3ccc(F)c(F)c3)NN2)c(F)c1. The first kappa shape index (κ1) is 22.5. The maximum absolute atomic E-state index is 15.1. The number of primary sulfonamides is 1. The molecule has 2 aromatic rings. The Hall–Kier alpha value is -2.73. The smallest absolute Gasteiger partial charge is 0.238 e. The van der Waals surface area contributed by atoms with Crippen LogP contribution >= 0.6 is 0 Å². The van der Waals surface area contributed by atoms with Gasteiger partial charge in [0.15, 0.2) is 17.3 Å². The van der Waals surface area contributed by atoms with Gasteiger partial charge in [0.05, 0.1) is 4.90 Å². The number of hydrogen-bond acceptors (Lipinski definition) is 6. The molecule has 0 aliphatic carbocycles. The maximum Gasteiger partial charge on any atom is 0.238 e. The Bertz CT molecular complexity index is 1200. The van der Waals surface area contributed by atoms with Gasteiger partial charge in [-0.15, -0.1) is 0 Å². The predicted molar refractivity (Wildman–Crippen MR) is 113 cm³/mol. The van der Waals surface area contributed by atoms with E-state index in [1.54, 1.807) is 0 Å². The quantitative estimate of drug-likeness (QED) is 0.566. The van der Waals surface area contributed by atoms with Crippen LogP contribution in [0.15, 0.2) is 58.4 Å². The first-order valence-electron chi connectivity index (χ1n) is 9.92. The number of hydrogen-bond donors (Lipinski definition) is 3. The standard InChI is InChI=1S/C21H22F3N5O2S/c22-17-7-4-14(10-19(17)24)11-20-26-21(28-27-20,13-29-8-2-1-3-9-29)16-6-5-15(12-18(16)23)32(25,30)31/h1-2,4-7,10,12,28H,3,8-9,11,13H2,(H,26,27)(H2,25,30,31). The van der Waals surface area contributed by atoms with Crippen LogP contribution in [0.3, 0.4) is 0 Å². The zero-order valence-electron chi connectivity index (χ0n) is 17.0. The van der Waals surface area contributed by atoms with Crippen molar-refractivity contribution in [2.75, 3.05) is 19.6 Å². The van der Waals surface area contributed by atoms with E-state index in [1.165, 1.54) is 18.2 Å². The summed E-state index contributed by atoms with van der Waals surface area (Å²) < 4.78 is 65.1. The second-order valence-corrected chi connectivity index (χ2v) is 9.34. The lowest BCUT2D eigenvalue weighted by atomic mass is 9.98. The lowest BCUT2D eigenvalue weighted by molar-refractivity contribution is 0.195. The van der Waals surface area contributed by atoms with Crippen molar-refractivity contribution in [3.8, 4) is 0 Å². The number of nitrogens with two attached hydrogens (primary N) is 1. The zero-order valence-corrected chi connectivity index (χ0v) is 17.8. The Morgan fingerprint density at radius 2 is 1.88 bits per heavy atom. The molecule has 2 heterocycles. The number of nitrogens with zero attached hydrogens (tertiary/aromatic N) is 2. The molecular weight excluding hydrogens is 443 g/mol. The van der Waals surface area contributed by atoms with Crippen molar-refractivity contribution in [2.24, 2.45) is 10.1 Å². The molecule has 0 aromatic heterocycles. The number of rotatable bonds is 6. The normalized spacial score (nSPS) is 21.4. The predicted octanol–water partition coefficient (Wildman–Crippen LogP) is 1.91. The Kier molecular flexibility index (Phi) is 6.08. The molecule has 0 amide bonds. The Labute approximate surface area is 183 Å². The molecule has 1 unspecified atom stereocenters. The molecule has 4 rings (SSSR count). The van der Waals surface area contributed by atoms with Crippen molar-refractivity contribution < 1.29 is 21.6 Å². The zero-order chi connectivity index (χ0) is 22.9. The van der Waals surface area contributed by atoms with Crippen LogP contribution in [0.1, 0.15) is 17.5 Å². The summed E-state index contributed by atoms with van der Waals surface area (Å²) in [6, 6.07) is 7.00. The van der Waals surface area contributed by atoms with Gasteiger partial charge < -0.3 is 5.43 Å². The van der Waals surface area contributed by atoms with Crippen LogP contribution in [0.25, 0.3) is 0 Å². The molecule has 2 aromatic carbocycles. The summed E-state index contributed by atoms with van der Waals surface area (Å²) in [7, 11) is -4.07. The fourth-order valence-electron chi connectivity index (χ4n) is 3.84. The highest BCUT2D eigenvalue weighted by Crippen LogP contribution is 2.31. The number of halogens is 3. The van der Waals surface area contributed by atoms with Gasteiger partial charge in [0.1, 0.15) is 11.7 Å². The third-order valence-corrected chi connectivity index (χ3v) is 6.32. The second-order valence-electron chi connectivity index (χ2n) is 7.78. The summed E-state index contributed by atoms with van der Waals surface area (Å²) >= 11 is 0. The van der Waals surface area contributed by atoms with E-state index in [-0.39, 0.29) is 23.4 Å². The maximum atomic E-state index is 15.1. The molecular formula is C21H22F3N5O2S.